The van der Waals surface area contributed by atoms with Gasteiger partial charge in [0.1, 0.15) is 16.6 Å². The predicted molar refractivity (Wildman–Crippen MR) is 134 cm³/mol. The van der Waals surface area contributed by atoms with Gasteiger partial charge in [0.25, 0.3) is 5.91 Å². The first kappa shape index (κ1) is 25.5. The van der Waals surface area contributed by atoms with E-state index < -0.39 is 29.5 Å². The van der Waals surface area contributed by atoms with E-state index in [1.165, 1.54) is 42.7 Å². The highest BCUT2D eigenvalue weighted by molar-refractivity contribution is 7.09. The van der Waals surface area contributed by atoms with Gasteiger partial charge in [0.05, 0.1) is 18.0 Å². The van der Waals surface area contributed by atoms with E-state index >= 15 is 0 Å². The monoisotopic (exact) mass is 529 g/mol. The molecule has 1 aliphatic carbocycles. The van der Waals surface area contributed by atoms with Crippen LogP contribution in [0.15, 0.2) is 40.4 Å². The molecule has 2 aromatic heterocycles. The molecular formula is C26H29F2N5O3S. The summed E-state index contributed by atoms with van der Waals surface area (Å²) in [6.07, 6.45) is 8.23. The number of nitrogens with zero attached hydrogens (tertiary/aromatic N) is 3. The van der Waals surface area contributed by atoms with Crippen molar-refractivity contribution in [1.29, 1.82) is 0 Å². The molecule has 2 fully saturated rings. The van der Waals surface area contributed by atoms with Crippen LogP contribution in [0, 0.1) is 17.6 Å². The third-order valence-corrected chi connectivity index (χ3v) is 8.00. The Labute approximate surface area is 217 Å². The van der Waals surface area contributed by atoms with Gasteiger partial charge >= 0.3 is 0 Å². The van der Waals surface area contributed by atoms with E-state index in [9.17, 15) is 18.4 Å². The summed E-state index contributed by atoms with van der Waals surface area (Å²) in [6, 6.07) is 4.47. The van der Waals surface area contributed by atoms with Crippen molar-refractivity contribution in [1.82, 2.24) is 25.7 Å². The molecular weight excluding hydrogens is 500 g/mol. The molecule has 196 valence electrons. The number of likely N-dealkylation sites (tertiary alicyclic amines) is 1. The van der Waals surface area contributed by atoms with Gasteiger partial charge in [-0.15, -0.1) is 11.3 Å². The average Bonchev–Trinajstić information content (AvgIpc) is 3.61. The number of carbonyl (C=O) groups excluding carboxylic acids is 2. The molecule has 3 heterocycles. The van der Waals surface area contributed by atoms with Crippen LogP contribution in [-0.2, 0) is 11.3 Å². The quantitative estimate of drug-likeness (QED) is 0.477. The highest BCUT2D eigenvalue weighted by atomic mass is 32.1. The SMILES string of the molecule is O=C(N[C@@H]1CCN(C2CCCCC2)C[C@H]1C(=O)NCc1nccs1)c1cc(-c2ccc(F)cc2F)on1. The number of nitrogens with one attached hydrogen (secondary N) is 2. The van der Waals surface area contributed by atoms with E-state index in [1.807, 2.05) is 5.38 Å². The fourth-order valence-corrected chi connectivity index (χ4v) is 5.82. The van der Waals surface area contributed by atoms with E-state index in [0.717, 1.165) is 36.5 Å². The van der Waals surface area contributed by atoms with Crippen LogP contribution in [0.3, 0.4) is 0 Å². The molecule has 0 bridgehead atoms. The lowest BCUT2D eigenvalue weighted by Gasteiger charge is -2.43. The van der Waals surface area contributed by atoms with Crippen LogP contribution < -0.4 is 10.6 Å². The minimum Gasteiger partial charge on any atom is -0.355 e. The number of thiazole rings is 1. The lowest BCUT2D eigenvalue weighted by molar-refractivity contribution is -0.128. The summed E-state index contributed by atoms with van der Waals surface area (Å²) in [6.45, 7) is 1.69. The number of hydrogen-bond acceptors (Lipinski definition) is 7. The lowest BCUT2D eigenvalue weighted by Crippen LogP contribution is -2.57. The molecule has 2 N–H and O–H groups in total. The maximum atomic E-state index is 14.1. The Morgan fingerprint density at radius 1 is 1.14 bits per heavy atom. The van der Waals surface area contributed by atoms with Gasteiger partial charge in [-0.3, -0.25) is 14.5 Å². The molecule has 2 atom stereocenters. The van der Waals surface area contributed by atoms with Crippen molar-refractivity contribution in [3.8, 4) is 11.3 Å². The molecule has 0 spiro atoms. The predicted octanol–water partition coefficient (Wildman–Crippen LogP) is 4.15. The van der Waals surface area contributed by atoms with E-state index in [0.29, 0.717) is 25.6 Å². The van der Waals surface area contributed by atoms with E-state index in [-0.39, 0.29) is 22.9 Å². The minimum absolute atomic E-state index is 0.00757. The maximum absolute atomic E-state index is 14.1. The maximum Gasteiger partial charge on any atom is 0.273 e. The van der Waals surface area contributed by atoms with Crippen LogP contribution in [0.2, 0.25) is 0 Å². The number of carbonyl (C=O) groups is 2. The number of amides is 2. The number of rotatable bonds is 7. The number of aromatic nitrogens is 2. The van der Waals surface area contributed by atoms with Crippen molar-refractivity contribution in [3.05, 3.63) is 58.2 Å². The summed E-state index contributed by atoms with van der Waals surface area (Å²) in [5.41, 5.74) is -0.0245. The Kier molecular flexibility index (Phi) is 7.90. The Morgan fingerprint density at radius 2 is 1.97 bits per heavy atom. The Bertz CT molecular complexity index is 1230. The van der Waals surface area contributed by atoms with Crippen LogP contribution in [0.4, 0.5) is 8.78 Å². The Balaban J connectivity index is 1.28. The van der Waals surface area contributed by atoms with Gasteiger partial charge in [-0.05, 0) is 31.4 Å². The van der Waals surface area contributed by atoms with Crippen LogP contribution in [0.1, 0.15) is 54.0 Å². The third-order valence-electron chi connectivity index (χ3n) is 7.23. The first-order valence-electron chi connectivity index (χ1n) is 12.6. The highest BCUT2D eigenvalue weighted by Gasteiger charge is 2.38. The van der Waals surface area contributed by atoms with Crippen molar-refractivity contribution in [2.75, 3.05) is 13.1 Å². The zero-order chi connectivity index (χ0) is 25.8. The molecule has 5 rings (SSSR count). The van der Waals surface area contributed by atoms with Crippen LogP contribution >= 0.6 is 11.3 Å². The molecule has 11 heteroatoms. The van der Waals surface area contributed by atoms with Gasteiger partial charge in [-0.25, -0.2) is 13.8 Å². The Hall–Kier alpha value is -3.18. The van der Waals surface area contributed by atoms with Crippen molar-refractivity contribution < 1.29 is 22.9 Å². The zero-order valence-electron chi connectivity index (χ0n) is 20.3. The molecule has 8 nitrogen and oxygen atoms in total. The molecule has 2 aliphatic rings. The summed E-state index contributed by atoms with van der Waals surface area (Å²) in [5.74, 6) is -2.58. The van der Waals surface area contributed by atoms with Crippen LogP contribution in [0.25, 0.3) is 11.3 Å². The number of benzene rings is 1. The summed E-state index contributed by atoms with van der Waals surface area (Å²) in [4.78, 5) is 33.0. The standard InChI is InChI=1S/C26H29F2N5O3S/c27-16-6-7-18(20(28)12-16)23-13-22(32-36-23)26(35)31-21-8-10-33(17-4-2-1-3-5-17)15-19(21)25(34)30-14-24-29-9-11-37-24/h6-7,9,11-13,17,19,21H,1-5,8,10,14-15H2,(H,30,34)(H,31,35)/t19-,21-/m1/s1. The van der Waals surface area contributed by atoms with Crippen molar-refractivity contribution in [2.24, 2.45) is 5.92 Å². The van der Waals surface area contributed by atoms with Crippen LogP contribution in [-0.4, -0.2) is 52.0 Å². The second kappa shape index (κ2) is 11.5. The second-order valence-corrected chi connectivity index (χ2v) is 10.6. The fraction of sp³-hybridized carbons (Fsp3) is 0.462. The van der Waals surface area contributed by atoms with E-state index in [1.54, 1.807) is 6.20 Å². The molecule has 1 aliphatic heterocycles. The van der Waals surface area contributed by atoms with E-state index in [2.05, 4.69) is 25.7 Å². The largest absolute Gasteiger partial charge is 0.355 e. The Morgan fingerprint density at radius 3 is 2.73 bits per heavy atom. The topological polar surface area (TPSA) is 100 Å². The van der Waals surface area contributed by atoms with Gasteiger partial charge in [0.2, 0.25) is 5.91 Å². The molecule has 1 saturated carbocycles. The zero-order valence-corrected chi connectivity index (χ0v) is 21.1. The highest BCUT2D eigenvalue weighted by Crippen LogP contribution is 2.28. The lowest BCUT2D eigenvalue weighted by atomic mass is 9.87. The molecule has 37 heavy (non-hydrogen) atoms. The summed E-state index contributed by atoms with van der Waals surface area (Å²) in [7, 11) is 0. The van der Waals surface area contributed by atoms with Crippen LogP contribution in [0.5, 0.6) is 0 Å². The molecule has 1 saturated heterocycles. The molecule has 0 unspecified atom stereocenters. The van der Waals surface area contributed by atoms with Gasteiger partial charge in [-0.1, -0.05) is 24.4 Å². The molecule has 1 aromatic carbocycles. The smallest absolute Gasteiger partial charge is 0.273 e. The normalized spacial score (nSPS) is 21.0. The van der Waals surface area contributed by atoms with Gasteiger partial charge in [0, 0.05) is 48.9 Å². The average molecular weight is 530 g/mol. The van der Waals surface area contributed by atoms with Gasteiger partial charge < -0.3 is 15.2 Å². The third kappa shape index (κ3) is 6.04. The number of halogens is 2. The molecule has 3 aromatic rings. The minimum atomic E-state index is -0.810. The van der Waals surface area contributed by atoms with Crippen molar-refractivity contribution >= 4 is 23.2 Å². The summed E-state index contributed by atoms with van der Waals surface area (Å²) < 4.78 is 32.6. The number of hydrogen-bond donors (Lipinski definition) is 2. The number of piperidine rings is 1. The van der Waals surface area contributed by atoms with E-state index in [4.69, 9.17) is 4.52 Å². The second-order valence-electron chi connectivity index (χ2n) is 9.61. The van der Waals surface area contributed by atoms with Gasteiger partial charge in [-0.2, -0.15) is 0 Å². The fourth-order valence-electron chi connectivity index (χ4n) is 5.27. The molecule has 0 radical (unpaired) electrons. The van der Waals surface area contributed by atoms with Crippen molar-refractivity contribution in [3.63, 3.8) is 0 Å². The van der Waals surface area contributed by atoms with Gasteiger partial charge in [0.15, 0.2) is 11.5 Å². The molecule has 2 amide bonds. The summed E-state index contributed by atoms with van der Waals surface area (Å²) in [5, 5.41) is 12.4. The van der Waals surface area contributed by atoms with Crippen molar-refractivity contribution in [2.45, 2.75) is 57.2 Å². The first-order chi connectivity index (χ1) is 18.0. The first-order valence-corrected chi connectivity index (χ1v) is 13.5. The summed E-state index contributed by atoms with van der Waals surface area (Å²) >= 11 is 1.47.